The van der Waals surface area contributed by atoms with Crippen molar-refractivity contribution >= 4 is 11.3 Å². The van der Waals surface area contributed by atoms with Crippen LogP contribution in [0.2, 0.25) is 0 Å². The van der Waals surface area contributed by atoms with Gasteiger partial charge >= 0.3 is 0 Å². The summed E-state index contributed by atoms with van der Waals surface area (Å²) in [6, 6.07) is 4.74. The molecular weight excluding hydrogens is 254 g/mol. The lowest BCUT2D eigenvalue weighted by atomic mass is 9.82. The number of hydrogen-bond donors (Lipinski definition) is 1. The maximum absolute atomic E-state index is 6.03. The van der Waals surface area contributed by atoms with Crippen LogP contribution in [0.15, 0.2) is 17.5 Å². The Hall–Kier alpha value is -0.380. The van der Waals surface area contributed by atoms with E-state index >= 15 is 0 Å². The fraction of sp³-hybridized carbons (Fsp3) is 0.750. The first-order valence-corrected chi connectivity index (χ1v) is 8.41. The zero-order valence-electron chi connectivity index (χ0n) is 12.4. The molecule has 1 heterocycles. The normalized spacial score (nSPS) is 29.3. The minimum absolute atomic E-state index is 0.438. The Labute approximate surface area is 121 Å². The van der Waals surface area contributed by atoms with Crippen molar-refractivity contribution in [1.29, 1.82) is 0 Å². The molecule has 1 aliphatic carbocycles. The van der Waals surface area contributed by atoms with Crippen LogP contribution in [0, 0.1) is 11.8 Å². The topological polar surface area (TPSA) is 21.3 Å². The van der Waals surface area contributed by atoms with Crippen LogP contribution in [-0.2, 0) is 4.74 Å². The number of nitrogens with one attached hydrogen (secondary N) is 1. The van der Waals surface area contributed by atoms with Gasteiger partial charge in [0, 0.05) is 17.5 Å². The second kappa shape index (κ2) is 7.41. The van der Waals surface area contributed by atoms with E-state index < -0.39 is 0 Å². The van der Waals surface area contributed by atoms with Crippen LogP contribution in [0.5, 0.6) is 0 Å². The predicted octanol–water partition coefficient (Wildman–Crippen LogP) is 4.24. The van der Waals surface area contributed by atoms with Gasteiger partial charge in [0.1, 0.15) is 0 Å². The Morgan fingerprint density at radius 2 is 2.05 bits per heavy atom. The molecular formula is C16H27NOS. The summed E-state index contributed by atoms with van der Waals surface area (Å²) in [6.07, 6.45) is 4.33. The summed E-state index contributed by atoms with van der Waals surface area (Å²) < 4.78 is 6.03. The predicted molar refractivity (Wildman–Crippen MR) is 82.7 cm³/mol. The summed E-state index contributed by atoms with van der Waals surface area (Å²) in [5, 5.41) is 5.67. The molecule has 0 bridgehead atoms. The highest BCUT2D eigenvalue weighted by Crippen LogP contribution is 2.30. The summed E-state index contributed by atoms with van der Waals surface area (Å²) >= 11 is 1.81. The molecule has 0 aliphatic heterocycles. The highest BCUT2D eigenvalue weighted by Gasteiger charge is 2.24. The van der Waals surface area contributed by atoms with Gasteiger partial charge in [0.2, 0.25) is 0 Å². The SMILES string of the molecule is CC1CC(C)CC(OCCNC(C)c2cccs2)C1. The van der Waals surface area contributed by atoms with Gasteiger partial charge in [-0.3, -0.25) is 0 Å². The van der Waals surface area contributed by atoms with E-state index in [0.29, 0.717) is 12.1 Å². The van der Waals surface area contributed by atoms with E-state index in [1.165, 1.54) is 24.1 Å². The largest absolute Gasteiger partial charge is 0.377 e. The standard InChI is InChI=1S/C16H27NOS/c1-12-9-13(2)11-15(10-12)18-7-6-17-14(3)16-5-4-8-19-16/h4-5,8,12-15,17H,6-7,9-11H2,1-3H3. The first-order chi connectivity index (χ1) is 9.15. The van der Waals surface area contributed by atoms with Crippen LogP contribution >= 0.6 is 11.3 Å². The minimum Gasteiger partial charge on any atom is -0.377 e. The van der Waals surface area contributed by atoms with Crippen LogP contribution in [0.4, 0.5) is 0 Å². The van der Waals surface area contributed by atoms with Gasteiger partial charge in [-0.05, 0) is 49.5 Å². The van der Waals surface area contributed by atoms with Crippen molar-refractivity contribution in [1.82, 2.24) is 5.32 Å². The van der Waals surface area contributed by atoms with Crippen LogP contribution < -0.4 is 5.32 Å². The van der Waals surface area contributed by atoms with E-state index in [1.807, 2.05) is 11.3 Å². The maximum Gasteiger partial charge on any atom is 0.0594 e. The molecule has 0 aromatic carbocycles. The van der Waals surface area contributed by atoms with Crippen molar-refractivity contribution in [2.75, 3.05) is 13.2 Å². The minimum atomic E-state index is 0.438. The molecule has 0 amide bonds. The first-order valence-electron chi connectivity index (χ1n) is 7.53. The Balaban J connectivity index is 1.61. The van der Waals surface area contributed by atoms with Crippen molar-refractivity contribution in [3.05, 3.63) is 22.4 Å². The second-order valence-electron chi connectivity index (χ2n) is 6.10. The quantitative estimate of drug-likeness (QED) is 0.787. The smallest absolute Gasteiger partial charge is 0.0594 e. The molecule has 1 aromatic rings. The summed E-state index contributed by atoms with van der Waals surface area (Å²) in [5.41, 5.74) is 0. The summed E-state index contributed by atoms with van der Waals surface area (Å²) in [6.45, 7) is 8.70. The molecule has 0 radical (unpaired) electrons. The van der Waals surface area contributed by atoms with Crippen LogP contribution in [-0.4, -0.2) is 19.3 Å². The molecule has 19 heavy (non-hydrogen) atoms. The number of thiophene rings is 1. The van der Waals surface area contributed by atoms with Gasteiger partial charge < -0.3 is 10.1 Å². The molecule has 2 nitrogen and oxygen atoms in total. The van der Waals surface area contributed by atoms with Crippen molar-refractivity contribution in [2.45, 2.75) is 52.2 Å². The highest BCUT2D eigenvalue weighted by molar-refractivity contribution is 7.10. The van der Waals surface area contributed by atoms with E-state index in [0.717, 1.165) is 25.0 Å². The second-order valence-corrected chi connectivity index (χ2v) is 7.08. The average molecular weight is 281 g/mol. The molecule has 3 unspecified atom stereocenters. The summed E-state index contributed by atoms with van der Waals surface area (Å²) in [7, 11) is 0. The average Bonchev–Trinajstić information content (AvgIpc) is 2.87. The lowest BCUT2D eigenvalue weighted by molar-refractivity contribution is 0.00214. The van der Waals surface area contributed by atoms with Gasteiger partial charge in [-0.25, -0.2) is 0 Å². The van der Waals surface area contributed by atoms with Crippen LogP contribution in [0.25, 0.3) is 0 Å². The van der Waals surface area contributed by atoms with Crippen LogP contribution in [0.3, 0.4) is 0 Å². The molecule has 108 valence electrons. The lowest BCUT2D eigenvalue weighted by Gasteiger charge is -2.31. The monoisotopic (exact) mass is 281 g/mol. The van der Waals surface area contributed by atoms with Crippen LogP contribution in [0.1, 0.15) is 51.0 Å². The van der Waals surface area contributed by atoms with E-state index in [-0.39, 0.29) is 0 Å². The first kappa shape index (κ1) is 15.0. The molecule has 1 fully saturated rings. The number of rotatable bonds is 6. The zero-order chi connectivity index (χ0) is 13.7. The molecule has 3 atom stereocenters. The Kier molecular flexibility index (Phi) is 5.86. The fourth-order valence-electron chi connectivity index (χ4n) is 3.15. The molecule has 1 saturated carbocycles. The third kappa shape index (κ3) is 4.90. The highest BCUT2D eigenvalue weighted by atomic mass is 32.1. The van der Waals surface area contributed by atoms with Crippen molar-refractivity contribution in [3.8, 4) is 0 Å². The Morgan fingerprint density at radius 3 is 2.68 bits per heavy atom. The molecule has 0 saturated heterocycles. The molecule has 2 rings (SSSR count). The zero-order valence-corrected chi connectivity index (χ0v) is 13.2. The summed E-state index contributed by atoms with van der Waals surface area (Å²) in [5.74, 6) is 1.65. The van der Waals surface area contributed by atoms with Gasteiger partial charge in [0.25, 0.3) is 0 Å². The van der Waals surface area contributed by atoms with E-state index in [4.69, 9.17) is 4.74 Å². The van der Waals surface area contributed by atoms with E-state index in [1.54, 1.807) is 0 Å². The third-order valence-electron chi connectivity index (χ3n) is 4.01. The lowest BCUT2D eigenvalue weighted by Crippen LogP contribution is -2.30. The van der Waals surface area contributed by atoms with Gasteiger partial charge in [0.15, 0.2) is 0 Å². The van der Waals surface area contributed by atoms with Gasteiger partial charge in [0.05, 0.1) is 12.7 Å². The molecule has 1 aromatic heterocycles. The Morgan fingerprint density at radius 1 is 1.32 bits per heavy atom. The number of hydrogen-bond acceptors (Lipinski definition) is 3. The summed E-state index contributed by atoms with van der Waals surface area (Å²) in [4.78, 5) is 1.40. The fourth-order valence-corrected chi connectivity index (χ4v) is 3.91. The number of ether oxygens (including phenoxy) is 1. The molecule has 0 spiro atoms. The van der Waals surface area contributed by atoms with Crippen molar-refractivity contribution in [3.63, 3.8) is 0 Å². The Bertz CT molecular complexity index is 342. The van der Waals surface area contributed by atoms with E-state index in [2.05, 4.69) is 43.6 Å². The molecule has 3 heteroatoms. The van der Waals surface area contributed by atoms with Gasteiger partial charge in [-0.1, -0.05) is 19.9 Å². The van der Waals surface area contributed by atoms with E-state index in [9.17, 15) is 0 Å². The third-order valence-corrected chi connectivity index (χ3v) is 5.07. The molecule has 1 N–H and O–H groups in total. The van der Waals surface area contributed by atoms with Crippen molar-refractivity contribution in [2.24, 2.45) is 11.8 Å². The maximum atomic E-state index is 6.03. The van der Waals surface area contributed by atoms with Crippen molar-refractivity contribution < 1.29 is 4.74 Å². The molecule has 1 aliphatic rings. The van der Waals surface area contributed by atoms with Gasteiger partial charge in [-0.15, -0.1) is 11.3 Å². The van der Waals surface area contributed by atoms with Gasteiger partial charge in [-0.2, -0.15) is 0 Å².